The van der Waals surface area contributed by atoms with Crippen molar-refractivity contribution in [3.05, 3.63) is 29.8 Å². The second kappa shape index (κ2) is 6.60. The molecule has 0 bridgehead atoms. The first-order valence-electron chi connectivity index (χ1n) is 7.31. The third-order valence-corrected chi connectivity index (χ3v) is 4.13. The van der Waals surface area contributed by atoms with E-state index in [0.717, 1.165) is 43.1 Å². The summed E-state index contributed by atoms with van der Waals surface area (Å²) in [4.78, 5) is 14.5. The molecule has 3 nitrogen and oxygen atoms in total. The molecule has 1 aliphatic heterocycles. The van der Waals surface area contributed by atoms with Gasteiger partial charge in [0.05, 0.1) is 0 Å². The molecule has 1 atom stereocenters. The molecule has 0 aromatic heterocycles. The lowest BCUT2D eigenvalue weighted by atomic mass is 9.98. The summed E-state index contributed by atoms with van der Waals surface area (Å²) in [7, 11) is 1.89. The van der Waals surface area contributed by atoms with Gasteiger partial charge in [-0.05, 0) is 49.4 Å². The highest BCUT2D eigenvalue weighted by Gasteiger charge is 2.20. The highest BCUT2D eigenvalue weighted by atomic mass is 16.2. The highest BCUT2D eigenvalue weighted by Crippen LogP contribution is 2.21. The third-order valence-electron chi connectivity index (χ3n) is 4.13. The van der Waals surface area contributed by atoms with Crippen LogP contribution in [0.1, 0.15) is 43.0 Å². The van der Waals surface area contributed by atoms with E-state index in [4.69, 9.17) is 0 Å². The molecule has 1 N–H and O–H groups in total. The zero-order valence-electron chi connectivity index (χ0n) is 12.0. The molecule has 1 aromatic carbocycles. The molecule has 104 valence electrons. The fourth-order valence-corrected chi connectivity index (χ4v) is 2.74. The van der Waals surface area contributed by atoms with Gasteiger partial charge in [0, 0.05) is 31.4 Å². The van der Waals surface area contributed by atoms with Gasteiger partial charge < -0.3 is 10.2 Å². The Bertz CT molecular complexity index is 413. The fourth-order valence-electron chi connectivity index (χ4n) is 2.74. The first-order valence-corrected chi connectivity index (χ1v) is 7.31. The van der Waals surface area contributed by atoms with Crippen LogP contribution in [-0.4, -0.2) is 30.9 Å². The van der Waals surface area contributed by atoms with E-state index in [9.17, 15) is 4.79 Å². The average molecular weight is 260 g/mol. The Morgan fingerprint density at radius 3 is 2.63 bits per heavy atom. The summed E-state index contributed by atoms with van der Waals surface area (Å²) in [6.07, 6.45) is 4.79. The molecule has 0 saturated carbocycles. The predicted octanol–water partition coefficient (Wildman–Crippen LogP) is 3.38. The van der Waals surface area contributed by atoms with Crippen molar-refractivity contribution in [2.45, 2.75) is 32.6 Å². The molecule has 19 heavy (non-hydrogen) atoms. The number of benzene rings is 1. The molecule has 1 aromatic rings. The van der Waals surface area contributed by atoms with Crippen LogP contribution in [0.3, 0.4) is 0 Å². The van der Waals surface area contributed by atoms with Gasteiger partial charge in [-0.25, -0.2) is 0 Å². The smallest absolute Gasteiger partial charge is 0.253 e. The quantitative estimate of drug-likeness (QED) is 0.903. The van der Waals surface area contributed by atoms with Gasteiger partial charge in [0.25, 0.3) is 5.91 Å². The molecule has 1 aliphatic rings. The maximum absolute atomic E-state index is 12.5. The molecule has 0 spiro atoms. The van der Waals surface area contributed by atoms with Gasteiger partial charge in [0.2, 0.25) is 0 Å². The van der Waals surface area contributed by atoms with Crippen molar-refractivity contribution in [2.24, 2.45) is 5.92 Å². The number of carbonyl (C=O) groups excluding carboxylic acids is 1. The second-order valence-electron chi connectivity index (χ2n) is 5.32. The molecule has 2 rings (SSSR count). The van der Waals surface area contributed by atoms with Gasteiger partial charge in [-0.1, -0.05) is 13.3 Å². The fraction of sp³-hybridized carbons (Fsp3) is 0.562. The number of amides is 1. The van der Waals surface area contributed by atoms with Crippen molar-refractivity contribution < 1.29 is 4.79 Å². The highest BCUT2D eigenvalue weighted by molar-refractivity contribution is 5.94. The summed E-state index contributed by atoms with van der Waals surface area (Å²) in [6.45, 7) is 4.06. The Morgan fingerprint density at radius 1 is 1.26 bits per heavy atom. The number of nitrogens with one attached hydrogen (secondary N) is 1. The minimum Gasteiger partial charge on any atom is -0.388 e. The lowest BCUT2D eigenvalue weighted by molar-refractivity contribution is 0.0760. The molecule has 1 saturated heterocycles. The number of hydrogen-bond acceptors (Lipinski definition) is 2. The molecular formula is C16H24N2O. The summed E-state index contributed by atoms with van der Waals surface area (Å²) in [5, 5.41) is 3.07. The van der Waals surface area contributed by atoms with Crippen molar-refractivity contribution in [2.75, 3.05) is 25.5 Å². The van der Waals surface area contributed by atoms with Crippen molar-refractivity contribution in [1.82, 2.24) is 4.90 Å². The van der Waals surface area contributed by atoms with E-state index in [2.05, 4.69) is 12.2 Å². The van der Waals surface area contributed by atoms with Crippen LogP contribution in [0.4, 0.5) is 5.69 Å². The lowest BCUT2D eigenvalue weighted by Gasteiger charge is -2.20. The number of likely N-dealkylation sites (tertiary alicyclic amines) is 1. The topological polar surface area (TPSA) is 32.3 Å². The van der Waals surface area contributed by atoms with E-state index < -0.39 is 0 Å². The number of anilines is 1. The van der Waals surface area contributed by atoms with Gasteiger partial charge in [0.15, 0.2) is 0 Å². The van der Waals surface area contributed by atoms with E-state index in [1.807, 2.05) is 36.2 Å². The molecule has 1 fully saturated rings. The predicted molar refractivity (Wildman–Crippen MR) is 79.5 cm³/mol. The summed E-state index contributed by atoms with van der Waals surface area (Å²) >= 11 is 0. The Hall–Kier alpha value is -1.51. The van der Waals surface area contributed by atoms with Crippen LogP contribution in [0.5, 0.6) is 0 Å². The Balaban J connectivity index is 2.01. The summed E-state index contributed by atoms with van der Waals surface area (Å²) in [5.74, 6) is 0.976. The van der Waals surface area contributed by atoms with Crippen LogP contribution in [-0.2, 0) is 0 Å². The zero-order chi connectivity index (χ0) is 13.7. The van der Waals surface area contributed by atoms with Crippen LogP contribution < -0.4 is 5.32 Å². The van der Waals surface area contributed by atoms with E-state index in [1.165, 1.54) is 12.8 Å². The Kier molecular flexibility index (Phi) is 4.83. The SMILES string of the molecule is CCC1CCCN(C(=O)c2ccc(NC)cc2)CC1. The molecule has 1 heterocycles. The third kappa shape index (κ3) is 3.49. The van der Waals surface area contributed by atoms with Crippen LogP contribution >= 0.6 is 0 Å². The maximum Gasteiger partial charge on any atom is 0.253 e. The molecule has 0 radical (unpaired) electrons. The van der Waals surface area contributed by atoms with E-state index in [0.29, 0.717) is 0 Å². The van der Waals surface area contributed by atoms with Crippen molar-refractivity contribution >= 4 is 11.6 Å². The number of carbonyl (C=O) groups is 1. The second-order valence-corrected chi connectivity index (χ2v) is 5.32. The van der Waals surface area contributed by atoms with Gasteiger partial charge in [-0.15, -0.1) is 0 Å². The van der Waals surface area contributed by atoms with Crippen molar-refractivity contribution in [3.8, 4) is 0 Å². The minimum absolute atomic E-state index is 0.180. The lowest BCUT2D eigenvalue weighted by Crippen LogP contribution is -2.32. The minimum atomic E-state index is 0.180. The Labute approximate surface area is 116 Å². The van der Waals surface area contributed by atoms with Crippen LogP contribution in [0.25, 0.3) is 0 Å². The molecule has 3 heteroatoms. The van der Waals surface area contributed by atoms with Gasteiger partial charge in [0.1, 0.15) is 0 Å². The van der Waals surface area contributed by atoms with Gasteiger partial charge in [-0.3, -0.25) is 4.79 Å². The molecule has 0 aliphatic carbocycles. The van der Waals surface area contributed by atoms with Gasteiger partial charge >= 0.3 is 0 Å². The molecular weight excluding hydrogens is 236 g/mol. The van der Waals surface area contributed by atoms with Crippen molar-refractivity contribution in [1.29, 1.82) is 0 Å². The van der Waals surface area contributed by atoms with Crippen LogP contribution in [0.15, 0.2) is 24.3 Å². The first-order chi connectivity index (χ1) is 9.24. The number of nitrogens with zero attached hydrogens (tertiary/aromatic N) is 1. The first kappa shape index (κ1) is 13.9. The standard InChI is InChI=1S/C16H24N2O/c1-3-13-5-4-11-18(12-10-13)16(19)14-6-8-15(17-2)9-7-14/h6-9,13,17H,3-5,10-12H2,1-2H3. The normalized spacial score (nSPS) is 19.9. The van der Waals surface area contributed by atoms with E-state index in [-0.39, 0.29) is 5.91 Å². The maximum atomic E-state index is 12.5. The average Bonchev–Trinajstić information content (AvgIpc) is 2.72. The van der Waals surface area contributed by atoms with Crippen molar-refractivity contribution in [3.63, 3.8) is 0 Å². The zero-order valence-corrected chi connectivity index (χ0v) is 12.0. The van der Waals surface area contributed by atoms with Crippen LogP contribution in [0.2, 0.25) is 0 Å². The summed E-state index contributed by atoms with van der Waals surface area (Å²) in [5.41, 5.74) is 1.84. The largest absolute Gasteiger partial charge is 0.388 e. The summed E-state index contributed by atoms with van der Waals surface area (Å²) in [6, 6.07) is 7.74. The summed E-state index contributed by atoms with van der Waals surface area (Å²) < 4.78 is 0. The number of hydrogen-bond donors (Lipinski definition) is 1. The Morgan fingerprint density at radius 2 is 2.00 bits per heavy atom. The van der Waals surface area contributed by atoms with E-state index >= 15 is 0 Å². The van der Waals surface area contributed by atoms with E-state index in [1.54, 1.807) is 0 Å². The molecule has 1 amide bonds. The van der Waals surface area contributed by atoms with Gasteiger partial charge in [-0.2, -0.15) is 0 Å². The van der Waals surface area contributed by atoms with Crippen LogP contribution in [0, 0.1) is 5.92 Å². The number of rotatable bonds is 3. The monoisotopic (exact) mass is 260 g/mol. The molecule has 1 unspecified atom stereocenters.